The Morgan fingerprint density at radius 1 is 1.29 bits per heavy atom. The zero-order valence-corrected chi connectivity index (χ0v) is 9.39. The van der Waals surface area contributed by atoms with Gasteiger partial charge in [-0.05, 0) is 24.7 Å². The van der Waals surface area contributed by atoms with E-state index in [0.29, 0.717) is 12.5 Å². The predicted molar refractivity (Wildman–Crippen MR) is 55.4 cm³/mol. The van der Waals surface area contributed by atoms with Gasteiger partial charge in [0.15, 0.2) is 0 Å². The lowest BCUT2D eigenvalue weighted by Gasteiger charge is -2.29. The van der Waals surface area contributed by atoms with Crippen molar-refractivity contribution in [3.8, 4) is 0 Å². The maximum absolute atomic E-state index is 10.9. The Bertz CT molecular complexity index is 263. The molecule has 0 aromatic rings. The Kier molecular flexibility index (Phi) is 4.34. The van der Waals surface area contributed by atoms with Crippen molar-refractivity contribution >= 4 is 10.0 Å². The van der Waals surface area contributed by atoms with E-state index in [4.69, 9.17) is 5.11 Å². The Balaban J connectivity index is 2.41. The molecule has 1 aliphatic rings. The summed E-state index contributed by atoms with van der Waals surface area (Å²) in [6.45, 7) is 0.653. The first-order valence-electron chi connectivity index (χ1n) is 5.08. The highest BCUT2D eigenvalue weighted by atomic mass is 32.2. The lowest BCUT2D eigenvalue weighted by molar-refractivity contribution is 0.136. The average molecular weight is 221 g/mol. The molecule has 2 atom stereocenters. The van der Waals surface area contributed by atoms with E-state index in [0.717, 1.165) is 25.7 Å². The fourth-order valence-corrected chi connectivity index (χ4v) is 2.57. The zero-order chi connectivity index (χ0) is 10.6. The van der Waals surface area contributed by atoms with Gasteiger partial charge in [0.2, 0.25) is 10.0 Å². The Morgan fingerprint density at radius 3 is 2.36 bits per heavy atom. The number of hydrogen-bond donors (Lipinski definition) is 2. The molecular formula is C9H19NO3S. The van der Waals surface area contributed by atoms with Crippen molar-refractivity contribution < 1.29 is 13.5 Å². The molecule has 1 rings (SSSR count). The lowest BCUT2D eigenvalue weighted by atomic mass is 9.80. The molecule has 0 aromatic heterocycles. The van der Waals surface area contributed by atoms with Gasteiger partial charge in [-0.1, -0.05) is 12.8 Å². The van der Waals surface area contributed by atoms with Crippen LogP contribution in [-0.4, -0.2) is 32.9 Å². The quantitative estimate of drug-likeness (QED) is 0.719. The lowest BCUT2D eigenvalue weighted by Crippen LogP contribution is -2.34. The summed E-state index contributed by atoms with van der Waals surface area (Å²) in [5.74, 6) is 0.585. The van der Waals surface area contributed by atoms with Crippen LogP contribution < -0.4 is 4.72 Å². The van der Waals surface area contributed by atoms with Crippen molar-refractivity contribution in [2.24, 2.45) is 11.8 Å². The molecule has 84 valence electrons. The molecule has 14 heavy (non-hydrogen) atoms. The summed E-state index contributed by atoms with van der Waals surface area (Å²) in [6.07, 6.45) is 5.51. The molecule has 0 amide bonds. The minimum atomic E-state index is -3.09. The first-order valence-corrected chi connectivity index (χ1v) is 6.97. The molecule has 0 aromatic carbocycles. The van der Waals surface area contributed by atoms with Crippen molar-refractivity contribution in [2.45, 2.75) is 25.7 Å². The highest BCUT2D eigenvalue weighted by molar-refractivity contribution is 7.88. The van der Waals surface area contributed by atoms with Crippen LogP contribution in [0.3, 0.4) is 0 Å². The molecule has 0 spiro atoms. The number of nitrogens with one attached hydrogen (secondary N) is 1. The molecule has 0 aliphatic heterocycles. The van der Waals surface area contributed by atoms with Crippen LogP contribution in [0.5, 0.6) is 0 Å². The van der Waals surface area contributed by atoms with Gasteiger partial charge in [-0.3, -0.25) is 0 Å². The van der Waals surface area contributed by atoms with Gasteiger partial charge in [0.25, 0.3) is 0 Å². The SMILES string of the molecule is CS(=O)(=O)NCC1CCCCC1CO. The largest absolute Gasteiger partial charge is 0.396 e. The summed E-state index contributed by atoms with van der Waals surface area (Å²) in [5, 5.41) is 9.11. The van der Waals surface area contributed by atoms with Crippen LogP contribution in [0.1, 0.15) is 25.7 Å². The van der Waals surface area contributed by atoms with E-state index in [1.807, 2.05) is 0 Å². The summed E-state index contributed by atoms with van der Waals surface area (Å²) in [5.41, 5.74) is 0. The first-order chi connectivity index (χ1) is 6.53. The molecule has 5 heteroatoms. The second-order valence-electron chi connectivity index (χ2n) is 4.11. The van der Waals surface area contributed by atoms with Crippen LogP contribution in [0.2, 0.25) is 0 Å². The van der Waals surface area contributed by atoms with Crippen molar-refractivity contribution in [3.05, 3.63) is 0 Å². The first kappa shape index (κ1) is 11.9. The standard InChI is InChI=1S/C9H19NO3S/c1-14(12,13)10-6-8-4-2-3-5-9(8)7-11/h8-11H,2-7H2,1H3. The van der Waals surface area contributed by atoms with Crippen LogP contribution >= 0.6 is 0 Å². The van der Waals surface area contributed by atoms with E-state index in [1.54, 1.807) is 0 Å². The van der Waals surface area contributed by atoms with E-state index in [-0.39, 0.29) is 12.5 Å². The van der Waals surface area contributed by atoms with E-state index >= 15 is 0 Å². The Hall–Kier alpha value is -0.130. The van der Waals surface area contributed by atoms with Crippen molar-refractivity contribution in [2.75, 3.05) is 19.4 Å². The normalized spacial score (nSPS) is 29.0. The maximum Gasteiger partial charge on any atom is 0.208 e. The summed E-state index contributed by atoms with van der Waals surface area (Å²) in [7, 11) is -3.09. The molecule has 1 fully saturated rings. The van der Waals surface area contributed by atoms with Gasteiger partial charge in [-0.25, -0.2) is 13.1 Å². The summed E-state index contributed by atoms with van der Waals surface area (Å²) in [6, 6.07) is 0. The van der Waals surface area contributed by atoms with E-state index in [1.165, 1.54) is 6.26 Å². The molecule has 2 N–H and O–H groups in total. The number of sulfonamides is 1. The second kappa shape index (κ2) is 5.09. The maximum atomic E-state index is 10.9. The zero-order valence-electron chi connectivity index (χ0n) is 8.57. The third-order valence-electron chi connectivity index (χ3n) is 2.91. The molecule has 0 heterocycles. The molecule has 0 bridgehead atoms. The van der Waals surface area contributed by atoms with E-state index < -0.39 is 10.0 Å². The molecule has 2 unspecified atom stereocenters. The van der Waals surface area contributed by atoms with Crippen LogP contribution in [0, 0.1) is 11.8 Å². The fourth-order valence-electron chi connectivity index (χ4n) is 2.05. The Labute approximate surface area is 85.8 Å². The second-order valence-corrected chi connectivity index (χ2v) is 5.94. The van der Waals surface area contributed by atoms with Crippen molar-refractivity contribution in [3.63, 3.8) is 0 Å². The summed E-state index contributed by atoms with van der Waals surface area (Å²) in [4.78, 5) is 0. The highest BCUT2D eigenvalue weighted by Crippen LogP contribution is 2.29. The molecule has 1 saturated carbocycles. The van der Waals surface area contributed by atoms with Gasteiger partial charge >= 0.3 is 0 Å². The van der Waals surface area contributed by atoms with E-state index in [2.05, 4.69) is 4.72 Å². The third-order valence-corrected chi connectivity index (χ3v) is 3.60. The van der Waals surface area contributed by atoms with Crippen LogP contribution in [0.4, 0.5) is 0 Å². The number of aliphatic hydroxyl groups excluding tert-OH is 1. The molecule has 0 saturated heterocycles. The molecule has 4 nitrogen and oxygen atoms in total. The molecule has 0 radical (unpaired) electrons. The number of rotatable bonds is 4. The van der Waals surface area contributed by atoms with Gasteiger partial charge < -0.3 is 5.11 Å². The Morgan fingerprint density at radius 2 is 1.86 bits per heavy atom. The summed E-state index contributed by atoms with van der Waals surface area (Å²) < 4.78 is 24.3. The van der Waals surface area contributed by atoms with Crippen LogP contribution in [-0.2, 0) is 10.0 Å². The molecule has 1 aliphatic carbocycles. The topological polar surface area (TPSA) is 66.4 Å². The van der Waals surface area contributed by atoms with Gasteiger partial charge in [-0.2, -0.15) is 0 Å². The van der Waals surface area contributed by atoms with Gasteiger partial charge in [0.05, 0.1) is 6.26 Å². The molecular weight excluding hydrogens is 202 g/mol. The minimum Gasteiger partial charge on any atom is -0.396 e. The van der Waals surface area contributed by atoms with Crippen molar-refractivity contribution in [1.29, 1.82) is 0 Å². The minimum absolute atomic E-state index is 0.177. The average Bonchev–Trinajstić information content (AvgIpc) is 2.14. The van der Waals surface area contributed by atoms with Gasteiger partial charge in [-0.15, -0.1) is 0 Å². The van der Waals surface area contributed by atoms with Crippen molar-refractivity contribution in [1.82, 2.24) is 4.72 Å². The van der Waals surface area contributed by atoms with Crippen LogP contribution in [0.25, 0.3) is 0 Å². The number of hydrogen-bond acceptors (Lipinski definition) is 3. The van der Waals surface area contributed by atoms with Crippen LogP contribution in [0.15, 0.2) is 0 Å². The van der Waals surface area contributed by atoms with Gasteiger partial charge in [0.1, 0.15) is 0 Å². The summed E-state index contributed by atoms with van der Waals surface area (Å²) >= 11 is 0. The van der Waals surface area contributed by atoms with Gasteiger partial charge in [0, 0.05) is 13.2 Å². The fraction of sp³-hybridized carbons (Fsp3) is 1.00. The third kappa shape index (κ3) is 3.94. The highest BCUT2D eigenvalue weighted by Gasteiger charge is 2.24. The monoisotopic (exact) mass is 221 g/mol. The smallest absolute Gasteiger partial charge is 0.208 e. The van der Waals surface area contributed by atoms with E-state index in [9.17, 15) is 8.42 Å². The number of aliphatic hydroxyl groups is 1. The predicted octanol–water partition coefficient (Wildman–Crippen LogP) is 0.334.